The Morgan fingerprint density at radius 3 is 2.60 bits per heavy atom. The van der Waals surface area contributed by atoms with Crippen molar-refractivity contribution in [3.63, 3.8) is 0 Å². The third-order valence-corrected chi connectivity index (χ3v) is 4.33. The lowest BCUT2D eigenvalue weighted by atomic mass is 10.1. The van der Waals surface area contributed by atoms with Crippen molar-refractivity contribution in [2.24, 2.45) is 5.73 Å². The summed E-state index contributed by atoms with van der Waals surface area (Å²) in [6.07, 6.45) is 0.799. The highest BCUT2D eigenvalue weighted by Gasteiger charge is 2.19. The zero-order chi connectivity index (χ0) is 17.8. The zero-order valence-electron chi connectivity index (χ0n) is 13.4. The number of imidazole rings is 1. The third-order valence-electron chi connectivity index (χ3n) is 3.82. The number of aromatic amines is 1. The number of hydrogen-bond acceptors (Lipinski definition) is 3. The second-order valence-corrected chi connectivity index (χ2v) is 6.78. The number of H-pyrrole nitrogens is 1. The minimum Gasteiger partial charge on any atom is -0.342 e. The van der Waals surface area contributed by atoms with Gasteiger partial charge in [0.2, 0.25) is 5.91 Å². The van der Waals surface area contributed by atoms with E-state index < -0.39 is 11.5 Å². The summed E-state index contributed by atoms with van der Waals surface area (Å²) in [5.74, 6) is 0.363. The maximum absolute atomic E-state index is 12.2. The number of carbonyl (C=O) groups excluding carboxylic acids is 1. The first-order chi connectivity index (χ1) is 12.0. The van der Waals surface area contributed by atoms with Crippen molar-refractivity contribution < 1.29 is 4.79 Å². The molecule has 1 amide bonds. The van der Waals surface area contributed by atoms with Gasteiger partial charge in [0.05, 0.1) is 17.1 Å². The van der Waals surface area contributed by atoms with E-state index in [9.17, 15) is 4.79 Å². The van der Waals surface area contributed by atoms with Crippen molar-refractivity contribution >= 4 is 40.1 Å². The molecular weight excluding hydrogens is 359 g/mol. The number of alkyl halides is 1. The summed E-state index contributed by atoms with van der Waals surface area (Å²) >= 11 is 12.1. The molecule has 0 spiro atoms. The second-order valence-electron chi connectivity index (χ2n) is 5.82. The van der Waals surface area contributed by atoms with E-state index >= 15 is 0 Å². The fourth-order valence-corrected chi connectivity index (χ4v) is 2.95. The number of amides is 1. The highest BCUT2D eigenvalue weighted by Crippen LogP contribution is 2.13. The van der Waals surface area contributed by atoms with Gasteiger partial charge >= 0.3 is 0 Å². The Hall–Kier alpha value is -2.08. The molecule has 0 bridgehead atoms. The van der Waals surface area contributed by atoms with E-state index in [2.05, 4.69) is 15.3 Å². The largest absolute Gasteiger partial charge is 0.342 e. The van der Waals surface area contributed by atoms with Crippen molar-refractivity contribution in [1.82, 2.24) is 15.3 Å². The van der Waals surface area contributed by atoms with E-state index in [1.807, 2.05) is 36.4 Å². The van der Waals surface area contributed by atoms with E-state index in [0.29, 0.717) is 23.7 Å². The summed E-state index contributed by atoms with van der Waals surface area (Å²) in [6, 6.07) is 14.3. The fraction of sp³-hybridized carbons (Fsp3) is 0.222. The minimum atomic E-state index is -0.730. The number of rotatable bonds is 6. The van der Waals surface area contributed by atoms with Gasteiger partial charge < -0.3 is 16.0 Å². The molecule has 0 aliphatic carbocycles. The number of para-hydroxylation sites is 2. The van der Waals surface area contributed by atoms with Crippen LogP contribution in [-0.2, 0) is 17.6 Å². The molecule has 2 unspecified atom stereocenters. The lowest BCUT2D eigenvalue weighted by Crippen LogP contribution is -2.45. The molecular formula is C18H18Cl2N4O. The molecule has 1 heterocycles. The number of nitrogens with two attached hydrogens (primary N) is 1. The first kappa shape index (κ1) is 17.7. The van der Waals surface area contributed by atoms with Crippen LogP contribution in [0.15, 0.2) is 48.5 Å². The smallest absolute Gasteiger partial charge is 0.238 e. The van der Waals surface area contributed by atoms with Crippen molar-refractivity contribution in [3.05, 3.63) is 64.9 Å². The van der Waals surface area contributed by atoms with Crippen LogP contribution in [0.5, 0.6) is 0 Å². The molecule has 3 aromatic rings. The lowest BCUT2D eigenvalue weighted by molar-refractivity contribution is -0.122. The van der Waals surface area contributed by atoms with E-state index in [1.165, 1.54) is 0 Å². The monoisotopic (exact) mass is 376 g/mol. The molecule has 2 atom stereocenters. The van der Waals surface area contributed by atoms with Gasteiger partial charge in [-0.3, -0.25) is 4.79 Å². The number of hydrogen-bond donors (Lipinski definition) is 3. The number of halogens is 2. The standard InChI is InChI=1S/C18H18Cl2N4O/c19-12-7-5-11(6-8-12)9-16(20)24-18(25)13(21)10-17-22-14-3-1-2-4-15(14)23-17/h1-8,13,16H,9-10,21H2,(H,22,23)(H,24,25). The normalized spacial score (nSPS) is 13.6. The van der Waals surface area contributed by atoms with E-state index in [-0.39, 0.29) is 5.91 Å². The third kappa shape index (κ3) is 4.72. The molecule has 4 N–H and O–H groups in total. The SMILES string of the molecule is NC(Cc1nc2ccccc2[nH]1)C(=O)NC(Cl)Cc1ccc(Cl)cc1. The molecule has 0 radical (unpaired) electrons. The maximum atomic E-state index is 12.2. The van der Waals surface area contributed by atoms with Gasteiger partial charge in [-0.05, 0) is 29.8 Å². The molecule has 130 valence electrons. The maximum Gasteiger partial charge on any atom is 0.238 e. The second kappa shape index (κ2) is 7.87. The Bertz CT molecular complexity index is 830. The van der Waals surface area contributed by atoms with Crippen LogP contribution in [0, 0.1) is 0 Å². The minimum absolute atomic E-state index is 0.311. The summed E-state index contributed by atoms with van der Waals surface area (Å²) in [7, 11) is 0. The van der Waals surface area contributed by atoms with Gasteiger partial charge in [0, 0.05) is 17.9 Å². The van der Waals surface area contributed by atoms with Crippen LogP contribution in [0.1, 0.15) is 11.4 Å². The zero-order valence-corrected chi connectivity index (χ0v) is 14.9. The van der Waals surface area contributed by atoms with Crippen molar-refractivity contribution in [2.75, 3.05) is 0 Å². The predicted octanol–water partition coefficient (Wildman–Crippen LogP) is 3.01. The molecule has 25 heavy (non-hydrogen) atoms. The number of carbonyl (C=O) groups is 1. The van der Waals surface area contributed by atoms with Gasteiger partial charge in [0.15, 0.2) is 0 Å². The summed E-state index contributed by atoms with van der Waals surface area (Å²) in [6.45, 7) is 0. The van der Waals surface area contributed by atoms with Gasteiger partial charge in [-0.15, -0.1) is 0 Å². The van der Waals surface area contributed by atoms with Gasteiger partial charge in [0.25, 0.3) is 0 Å². The topological polar surface area (TPSA) is 83.8 Å². The number of fused-ring (bicyclic) bond motifs is 1. The van der Waals surface area contributed by atoms with Gasteiger partial charge in [0.1, 0.15) is 11.3 Å². The number of benzene rings is 2. The molecule has 0 aliphatic heterocycles. The average Bonchev–Trinajstić information content (AvgIpc) is 2.99. The molecule has 0 fully saturated rings. The average molecular weight is 377 g/mol. The van der Waals surface area contributed by atoms with E-state index in [1.54, 1.807) is 12.1 Å². The molecule has 7 heteroatoms. The summed E-state index contributed by atoms with van der Waals surface area (Å²) in [5.41, 5.74) is 8.19. The van der Waals surface area contributed by atoms with Gasteiger partial charge in [-0.2, -0.15) is 0 Å². The predicted molar refractivity (Wildman–Crippen MR) is 101 cm³/mol. The van der Waals surface area contributed by atoms with Crippen LogP contribution >= 0.6 is 23.2 Å². The van der Waals surface area contributed by atoms with Crippen LogP contribution in [0.3, 0.4) is 0 Å². The van der Waals surface area contributed by atoms with Crippen molar-refractivity contribution in [1.29, 1.82) is 0 Å². The van der Waals surface area contributed by atoms with Gasteiger partial charge in [-0.25, -0.2) is 4.98 Å². The Labute approximate surface area is 155 Å². The van der Waals surface area contributed by atoms with Crippen LogP contribution in [-0.4, -0.2) is 27.4 Å². The first-order valence-electron chi connectivity index (χ1n) is 7.89. The summed E-state index contributed by atoms with van der Waals surface area (Å²) in [5, 5.41) is 3.38. The number of nitrogens with zero attached hydrogens (tertiary/aromatic N) is 1. The summed E-state index contributed by atoms with van der Waals surface area (Å²) in [4.78, 5) is 19.8. The number of aromatic nitrogens is 2. The lowest BCUT2D eigenvalue weighted by Gasteiger charge is -2.15. The van der Waals surface area contributed by atoms with Crippen LogP contribution < -0.4 is 11.1 Å². The highest BCUT2D eigenvalue weighted by atomic mass is 35.5. The van der Waals surface area contributed by atoms with Crippen LogP contribution in [0.2, 0.25) is 5.02 Å². The van der Waals surface area contributed by atoms with E-state index in [0.717, 1.165) is 16.6 Å². The van der Waals surface area contributed by atoms with Crippen LogP contribution in [0.4, 0.5) is 0 Å². The molecule has 0 saturated carbocycles. The molecule has 5 nitrogen and oxygen atoms in total. The Morgan fingerprint density at radius 1 is 1.16 bits per heavy atom. The number of nitrogens with one attached hydrogen (secondary N) is 2. The molecule has 0 aliphatic rings. The molecule has 0 saturated heterocycles. The first-order valence-corrected chi connectivity index (χ1v) is 8.71. The Morgan fingerprint density at radius 2 is 1.88 bits per heavy atom. The summed E-state index contributed by atoms with van der Waals surface area (Å²) < 4.78 is 0. The van der Waals surface area contributed by atoms with Crippen LogP contribution in [0.25, 0.3) is 11.0 Å². The fourth-order valence-electron chi connectivity index (χ4n) is 2.54. The Balaban J connectivity index is 1.55. The van der Waals surface area contributed by atoms with Crippen molar-refractivity contribution in [2.45, 2.75) is 24.4 Å². The molecule has 2 aromatic carbocycles. The Kier molecular flexibility index (Phi) is 5.58. The van der Waals surface area contributed by atoms with Crippen molar-refractivity contribution in [3.8, 4) is 0 Å². The molecule has 3 rings (SSSR count). The molecule has 1 aromatic heterocycles. The van der Waals surface area contributed by atoms with E-state index in [4.69, 9.17) is 28.9 Å². The highest BCUT2D eigenvalue weighted by molar-refractivity contribution is 6.30. The quantitative estimate of drug-likeness (QED) is 0.456. The van der Waals surface area contributed by atoms with Gasteiger partial charge in [-0.1, -0.05) is 47.5 Å².